The van der Waals surface area contributed by atoms with Crippen LogP contribution in [0.5, 0.6) is 0 Å². The van der Waals surface area contributed by atoms with E-state index in [1.54, 1.807) is 12.1 Å². The lowest BCUT2D eigenvalue weighted by Crippen LogP contribution is -2.12. The Labute approximate surface area is 133 Å². The molecule has 1 aromatic carbocycles. The van der Waals surface area contributed by atoms with Gasteiger partial charge in [-0.1, -0.05) is 19.0 Å². The molecule has 23 heavy (non-hydrogen) atoms. The first-order valence-corrected chi connectivity index (χ1v) is 7.05. The maximum atomic E-state index is 12.2. The van der Waals surface area contributed by atoms with E-state index in [2.05, 4.69) is 10.5 Å². The second-order valence-electron chi connectivity index (χ2n) is 5.38. The van der Waals surface area contributed by atoms with Gasteiger partial charge < -0.3 is 19.7 Å². The van der Waals surface area contributed by atoms with E-state index in [-0.39, 0.29) is 23.8 Å². The van der Waals surface area contributed by atoms with Crippen LogP contribution in [-0.2, 0) is 11.3 Å². The van der Waals surface area contributed by atoms with Crippen molar-refractivity contribution in [2.24, 2.45) is 0 Å². The number of hydrogen-bond acceptors (Lipinski definition) is 5. The van der Waals surface area contributed by atoms with Crippen molar-refractivity contribution in [2.75, 3.05) is 12.4 Å². The van der Waals surface area contributed by atoms with Gasteiger partial charge >= 0.3 is 5.97 Å². The van der Waals surface area contributed by atoms with Gasteiger partial charge in [0, 0.05) is 18.9 Å². The summed E-state index contributed by atoms with van der Waals surface area (Å²) in [4.78, 5) is 23.3. The third kappa shape index (κ3) is 4.17. The van der Waals surface area contributed by atoms with Gasteiger partial charge in [-0.25, -0.2) is 4.79 Å². The molecule has 1 amide bonds. The summed E-state index contributed by atoms with van der Waals surface area (Å²) in [6.45, 7) is 4.11. The van der Waals surface area contributed by atoms with Crippen LogP contribution in [0.4, 0.5) is 5.69 Å². The maximum Gasteiger partial charge on any atom is 0.335 e. The minimum atomic E-state index is -1.08. The molecule has 122 valence electrons. The molecule has 1 heterocycles. The second-order valence-corrected chi connectivity index (χ2v) is 5.38. The van der Waals surface area contributed by atoms with Crippen LogP contribution in [0.3, 0.4) is 0 Å². The Bertz CT molecular complexity index is 721. The minimum absolute atomic E-state index is 0.0651. The fraction of sp³-hybridized carbons (Fsp3) is 0.312. The predicted molar refractivity (Wildman–Crippen MR) is 82.7 cm³/mol. The third-order valence-corrected chi connectivity index (χ3v) is 3.15. The van der Waals surface area contributed by atoms with Crippen molar-refractivity contribution in [1.29, 1.82) is 0 Å². The molecule has 0 bridgehead atoms. The fourth-order valence-corrected chi connectivity index (χ4v) is 2.00. The van der Waals surface area contributed by atoms with E-state index in [0.717, 1.165) is 0 Å². The summed E-state index contributed by atoms with van der Waals surface area (Å²) in [5, 5.41) is 15.6. The van der Waals surface area contributed by atoms with Crippen LogP contribution >= 0.6 is 0 Å². The average Bonchev–Trinajstić information content (AvgIpc) is 2.97. The molecule has 0 radical (unpaired) electrons. The van der Waals surface area contributed by atoms with Gasteiger partial charge in [0.1, 0.15) is 0 Å². The van der Waals surface area contributed by atoms with E-state index >= 15 is 0 Å². The number of aromatic nitrogens is 1. The molecule has 0 fully saturated rings. The van der Waals surface area contributed by atoms with Gasteiger partial charge in [-0.3, -0.25) is 4.79 Å². The smallest absolute Gasteiger partial charge is 0.335 e. The number of carboxylic acids is 1. The number of amides is 1. The van der Waals surface area contributed by atoms with E-state index in [4.69, 9.17) is 14.4 Å². The Morgan fingerprint density at radius 1 is 1.30 bits per heavy atom. The Morgan fingerprint density at radius 2 is 2.04 bits per heavy atom. The van der Waals surface area contributed by atoms with Gasteiger partial charge in [0.25, 0.3) is 5.91 Å². The lowest BCUT2D eigenvalue weighted by atomic mass is 10.1. The van der Waals surface area contributed by atoms with Crippen molar-refractivity contribution in [3.63, 3.8) is 0 Å². The number of rotatable bonds is 6. The number of ether oxygens (including phenoxy) is 1. The molecule has 0 aliphatic carbocycles. The number of anilines is 1. The van der Waals surface area contributed by atoms with Crippen LogP contribution in [0.2, 0.25) is 0 Å². The number of carboxylic acid groups (broad SMARTS) is 1. The van der Waals surface area contributed by atoms with E-state index < -0.39 is 11.9 Å². The van der Waals surface area contributed by atoms with Gasteiger partial charge in [0.15, 0.2) is 0 Å². The van der Waals surface area contributed by atoms with Gasteiger partial charge in [-0.05, 0) is 29.7 Å². The number of aromatic carboxylic acids is 1. The minimum Gasteiger partial charge on any atom is -0.478 e. The molecule has 0 unspecified atom stereocenters. The lowest BCUT2D eigenvalue weighted by Gasteiger charge is -2.08. The monoisotopic (exact) mass is 318 g/mol. The normalized spacial score (nSPS) is 10.8. The highest BCUT2D eigenvalue weighted by molar-refractivity contribution is 6.03. The molecule has 7 heteroatoms. The second kappa shape index (κ2) is 7.06. The molecular weight excluding hydrogens is 300 g/mol. The van der Waals surface area contributed by atoms with Crippen LogP contribution in [0.1, 0.15) is 51.9 Å². The molecule has 0 atom stereocenters. The summed E-state index contributed by atoms with van der Waals surface area (Å²) >= 11 is 0. The van der Waals surface area contributed by atoms with Gasteiger partial charge in [0.2, 0.25) is 5.76 Å². The Kier molecular flexibility index (Phi) is 5.13. The highest BCUT2D eigenvalue weighted by Gasteiger charge is 2.16. The van der Waals surface area contributed by atoms with E-state index in [9.17, 15) is 9.59 Å². The van der Waals surface area contributed by atoms with E-state index in [1.165, 1.54) is 19.2 Å². The van der Waals surface area contributed by atoms with Crippen molar-refractivity contribution in [3.8, 4) is 0 Å². The molecule has 0 aliphatic rings. The first kappa shape index (κ1) is 16.7. The lowest BCUT2D eigenvalue weighted by molar-refractivity contribution is 0.0696. The molecular formula is C16H18N2O5. The summed E-state index contributed by atoms with van der Waals surface area (Å²) in [6, 6.07) is 6.08. The van der Waals surface area contributed by atoms with Crippen LogP contribution in [0.15, 0.2) is 28.8 Å². The topological polar surface area (TPSA) is 102 Å². The van der Waals surface area contributed by atoms with Gasteiger partial charge in [-0.2, -0.15) is 0 Å². The SMILES string of the molecule is COCc1cc(NC(=O)c2cc(C(C)C)no2)cc(C(=O)O)c1. The molecule has 0 spiro atoms. The number of nitrogens with zero attached hydrogens (tertiary/aromatic N) is 1. The Hall–Kier alpha value is -2.67. The van der Waals surface area contributed by atoms with Crippen molar-refractivity contribution in [1.82, 2.24) is 5.16 Å². The molecule has 2 aromatic rings. The van der Waals surface area contributed by atoms with Crippen molar-refractivity contribution >= 4 is 17.6 Å². The van der Waals surface area contributed by atoms with Crippen molar-refractivity contribution in [3.05, 3.63) is 46.8 Å². The van der Waals surface area contributed by atoms with Crippen molar-refractivity contribution < 1.29 is 24.0 Å². The van der Waals surface area contributed by atoms with Gasteiger partial charge in [0.05, 0.1) is 17.9 Å². The number of methoxy groups -OCH3 is 1. The molecule has 2 N–H and O–H groups in total. The van der Waals surface area contributed by atoms with Crippen molar-refractivity contribution in [2.45, 2.75) is 26.4 Å². The standard InChI is InChI=1S/C16H18N2O5/c1-9(2)13-7-14(23-18-13)15(19)17-12-5-10(8-22-3)4-11(6-12)16(20)21/h4-7,9H,8H2,1-3H3,(H,17,19)(H,20,21). The van der Waals surface area contributed by atoms with Crippen LogP contribution < -0.4 is 5.32 Å². The largest absolute Gasteiger partial charge is 0.478 e. The predicted octanol–water partition coefficient (Wildman–Crippen LogP) is 2.89. The summed E-state index contributed by atoms with van der Waals surface area (Å²) in [7, 11) is 1.51. The molecule has 2 rings (SSSR count). The number of carbonyl (C=O) groups excluding carboxylic acids is 1. The first-order chi connectivity index (χ1) is 10.9. The summed E-state index contributed by atoms with van der Waals surface area (Å²) < 4.78 is 10.0. The Balaban J connectivity index is 2.23. The maximum absolute atomic E-state index is 12.2. The zero-order valence-electron chi connectivity index (χ0n) is 13.1. The Morgan fingerprint density at radius 3 is 2.61 bits per heavy atom. The number of carbonyl (C=O) groups is 2. The fourth-order valence-electron chi connectivity index (χ4n) is 2.00. The van der Waals surface area contributed by atoms with E-state index in [1.807, 2.05) is 13.8 Å². The third-order valence-electron chi connectivity index (χ3n) is 3.15. The zero-order chi connectivity index (χ0) is 17.0. The number of nitrogens with one attached hydrogen (secondary N) is 1. The summed E-state index contributed by atoms with van der Waals surface area (Å²) in [5.41, 5.74) is 1.73. The van der Waals surface area contributed by atoms with Crippen LogP contribution in [0.25, 0.3) is 0 Å². The highest BCUT2D eigenvalue weighted by Crippen LogP contribution is 2.19. The summed E-state index contributed by atoms with van der Waals surface area (Å²) in [5.74, 6) is -1.36. The average molecular weight is 318 g/mol. The molecule has 7 nitrogen and oxygen atoms in total. The molecule has 1 aromatic heterocycles. The van der Waals surface area contributed by atoms with E-state index in [0.29, 0.717) is 16.9 Å². The molecule has 0 saturated heterocycles. The first-order valence-electron chi connectivity index (χ1n) is 7.05. The van der Waals surface area contributed by atoms with Gasteiger partial charge in [-0.15, -0.1) is 0 Å². The quantitative estimate of drug-likeness (QED) is 0.849. The number of hydrogen-bond donors (Lipinski definition) is 2. The van der Waals surface area contributed by atoms with Crippen LogP contribution in [-0.4, -0.2) is 29.2 Å². The molecule has 0 aliphatic heterocycles. The number of benzene rings is 1. The van der Waals surface area contributed by atoms with Crippen LogP contribution in [0, 0.1) is 0 Å². The molecule has 0 saturated carbocycles. The summed E-state index contributed by atoms with van der Waals surface area (Å²) in [6.07, 6.45) is 0. The zero-order valence-corrected chi connectivity index (χ0v) is 13.1. The highest BCUT2D eigenvalue weighted by atomic mass is 16.5.